The zero-order chi connectivity index (χ0) is 12.3. The van der Waals surface area contributed by atoms with Crippen LogP contribution in [0, 0.1) is 0 Å². The van der Waals surface area contributed by atoms with Gasteiger partial charge in [0.2, 0.25) is 5.89 Å². The maximum atomic E-state index is 6.11. The van der Waals surface area contributed by atoms with Crippen LogP contribution >= 0.6 is 0 Å². The smallest absolute Gasteiger partial charge is 0.231 e. The van der Waals surface area contributed by atoms with E-state index in [0.717, 1.165) is 37.5 Å². The number of likely N-dealkylation sites (N-methyl/N-ethyl adjacent to an activating group) is 1. The van der Waals surface area contributed by atoms with Gasteiger partial charge in [0.25, 0.3) is 0 Å². The third-order valence-corrected chi connectivity index (χ3v) is 3.40. The van der Waals surface area contributed by atoms with E-state index in [-0.39, 0.29) is 12.0 Å². The zero-order valence-corrected chi connectivity index (χ0v) is 10.7. The van der Waals surface area contributed by atoms with Crippen LogP contribution < -0.4 is 5.73 Å². The summed E-state index contributed by atoms with van der Waals surface area (Å²) in [6.45, 7) is 0.940. The normalized spacial score (nSPS) is 25.4. The van der Waals surface area contributed by atoms with E-state index >= 15 is 0 Å². The summed E-state index contributed by atoms with van der Waals surface area (Å²) in [7, 11) is 4.08. The predicted molar refractivity (Wildman–Crippen MR) is 65.7 cm³/mol. The summed E-state index contributed by atoms with van der Waals surface area (Å²) in [6, 6.07) is 0.186. The van der Waals surface area contributed by atoms with Crippen LogP contribution in [0.15, 0.2) is 4.52 Å². The van der Waals surface area contributed by atoms with Crippen molar-refractivity contribution >= 4 is 0 Å². The number of hydrogen-bond acceptors (Lipinski definition) is 5. The van der Waals surface area contributed by atoms with Crippen LogP contribution in [0.3, 0.4) is 0 Å². The van der Waals surface area contributed by atoms with Crippen molar-refractivity contribution in [3.63, 3.8) is 0 Å². The first-order valence-corrected chi connectivity index (χ1v) is 6.39. The molecular weight excluding hydrogens is 216 g/mol. The molecule has 0 bridgehead atoms. The molecule has 0 amide bonds. The average Bonchev–Trinajstić information content (AvgIpc) is 2.75. The summed E-state index contributed by atoms with van der Waals surface area (Å²) >= 11 is 0. The van der Waals surface area contributed by atoms with Gasteiger partial charge >= 0.3 is 0 Å². The quantitative estimate of drug-likeness (QED) is 0.852. The Kier molecular flexibility index (Phi) is 4.12. The van der Waals surface area contributed by atoms with Crippen LogP contribution in [-0.2, 0) is 6.42 Å². The van der Waals surface area contributed by atoms with Gasteiger partial charge < -0.3 is 15.2 Å². The van der Waals surface area contributed by atoms with Gasteiger partial charge in [0, 0.05) is 19.0 Å². The lowest BCUT2D eigenvalue weighted by Crippen LogP contribution is -2.31. The molecule has 5 nitrogen and oxygen atoms in total. The van der Waals surface area contributed by atoms with Gasteiger partial charge in [-0.05, 0) is 26.9 Å². The molecule has 0 radical (unpaired) electrons. The molecular formula is C12H22N4O. The van der Waals surface area contributed by atoms with Crippen molar-refractivity contribution in [1.29, 1.82) is 0 Å². The summed E-state index contributed by atoms with van der Waals surface area (Å²) in [5, 5.41) is 4.03. The Labute approximate surface area is 102 Å². The monoisotopic (exact) mass is 238 g/mol. The standard InChI is InChI=1S/C12H22N4O/c1-16(2)8-7-11-14-12(17-15-11)9-5-3-4-6-10(9)13/h9-10H,3-8,13H2,1-2H3. The fraction of sp³-hybridized carbons (Fsp3) is 0.833. The highest BCUT2D eigenvalue weighted by Gasteiger charge is 2.28. The van der Waals surface area contributed by atoms with E-state index in [4.69, 9.17) is 10.3 Å². The van der Waals surface area contributed by atoms with E-state index in [1.165, 1.54) is 12.8 Å². The first kappa shape index (κ1) is 12.5. The number of rotatable bonds is 4. The summed E-state index contributed by atoms with van der Waals surface area (Å²) in [5.41, 5.74) is 6.11. The number of nitrogens with two attached hydrogens (primary N) is 1. The summed E-state index contributed by atoms with van der Waals surface area (Å²) in [4.78, 5) is 6.59. The Morgan fingerprint density at radius 3 is 2.82 bits per heavy atom. The third-order valence-electron chi connectivity index (χ3n) is 3.40. The topological polar surface area (TPSA) is 68.2 Å². The molecule has 0 aliphatic heterocycles. The van der Waals surface area contributed by atoms with Crippen LogP contribution in [0.25, 0.3) is 0 Å². The molecule has 0 spiro atoms. The van der Waals surface area contributed by atoms with E-state index in [1.54, 1.807) is 0 Å². The van der Waals surface area contributed by atoms with Gasteiger partial charge in [0.1, 0.15) is 0 Å². The molecule has 1 saturated carbocycles. The molecule has 2 N–H and O–H groups in total. The maximum absolute atomic E-state index is 6.11. The molecule has 96 valence electrons. The average molecular weight is 238 g/mol. The summed E-state index contributed by atoms with van der Waals surface area (Å²) in [5.74, 6) is 1.81. The second kappa shape index (κ2) is 5.60. The van der Waals surface area contributed by atoms with Crippen LogP contribution in [0.4, 0.5) is 0 Å². The second-order valence-corrected chi connectivity index (χ2v) is 5.16. The molecule has 0 saturated heterocycles. The van der Waals surface area contributed by atoms with Crippen LogP contribution in [0.2, 0.25) is 0 Å². The Morgan fingerprint density at radius 1 is 1.35 bits per heavy atom. The van der Waals surface area contributed by atoms with Crippen LogP contribution in [0.5, 0.6) is 0 Å². The highest BCUT2D eigenvalue weighted by atomic mass is 16.5. The van der Waals surface area contributed by atoms with Gasteiger partial charge in [-0.15, -0.1) is 0 Å². The minimum absolute atomic E-state index is 0.186. The van der Waals surface area contributed by atoms with Crippen molar-refractivity contribution < 1.29 is 4.52 Å². The fourth-order valence-corrected chi connectivity index (χ4v) is 2.31. The highest BCUT2D eigenvalue weighted by molar-refractivity contribution is 5.00. The lowest BCUT2D eigenvalue weighted by atomic mass is 9.85. The van der Waals surface area contributed by atoms with Crippen LogP contribution in [0.1, 0.15) is 43.3 Å². The predicted octanol–water partition coefficient (Wildman–Crippen LogP) is 1.16. The van der Waals surface area contributed by atoms with Crippen molar-refractivity contribution in [3.8, 4) is 0 Å². The second-order valence-electron chi connectivity index (χ2n) is 5.16. The summed E-state index contributed by atoms with van der Waals surface area (Å²) in [6.07, 6.45) is 5.42. The number of hydrogen-bond donors (Lipinski definition) is 1. The fourth-order valence-electron chi connectivity index (χ4n) is 2.31. The molecule has 1 fully saturated rings. The van der Waals surface area contributed by atoms with Gasteiger partial charge in [-0.3, -0.25) is 0 Å². The van der Waals surface area contributed by atoms with Gasteiger partial charge in [0.05, 0.1) is 5.92 Å². The molecule has 2 rings (SSSR count). The molecule has 1 aliphatic rings. The van der Waals surface area contributed by atoms with Gasteiger partial charge in [-0.1, -0.05) is 18.0 Å². The molecule has 17 heavy (non-hydrogen) atoms. The highest BCUT2D eigenvalue weighted by Crippen LogP contribution is 2.30. The third kappa shape index (κ3) is 3.26. The Balaban J connectivity index is 1.97. The van der Waals surface area contributed by atoms with Crippen molar-refractivity contribution in [2.45, 2.75) is 44.1 Å². The van der Waals surface area contributed by atoms with Gasteiger partial charge in [-0.25, -0.2) is 0 Å². The SMILES string of the molecule is CN(C)CCc1noc(C2CCCCC2N)n1. The minimum atomic E-state index is 0.186. The van der Waals surface area contributed by atoms with E-state index in [0.29, 0.717) is 0 Å². The Morgan fingerprint density at radius 2 is 2.12 bits per heavy atom. The molecule has 0 aromatic carbocycles. The molecule has 1 aliphatic carbocycles. The minimum Gasteiger partial charge on any atom is -0.339 e. The summed E-state index contributed by atoms with van der Waals surface area (Å²) < 4.78 is 5.35. The lowest BCUT2D eigenvalue weighted by molar-refractivity contribution is 0.288. The molecule has 2 atom stereocenters. The maximum Gasteiger partial charge on any atom is 0.231 e. The Hall–Kier alpha value is -0.940. The number of nitrogens with zero attached hydrogens (tertiary/aromatic N) is 3. The molecule has 1 heterocycles. The van der Waals surface area contributed by atoms with E-state index in [9.17, 15) is 0 Å². The molecule has 5 heteroatoms. The molecule has 2 unspecified atom stereocenters. The van der Waals surface area contributed by atoms with Crippen LogP contribution in [-0.4, -0.2) is 41.7 Å². The molecule has 1 aromatic heterocycles. The van der Waals surface area contributed by atoms with E-state index in [2.05, 4.69) is 15.0 Å². The van der Waals surface area contributed by atoms with Crippen molar-refractivity contribution in [1.82, 2.24) is 15.0 Å². The number of aromatic nitrogens is 2. The first-order chi connectivity index (χ1) is 8.16. The molecule has 1 aromatic rings. The van der Waals surface area contributed by atoms with E-state index < -0.39 is 0 Å². The lowest BCUT2D eigenvalue weighted by Gasteiger charge is -2.25. The van der Waals surface area contributed by atoms with Gasteiger partial charge in [-0.2, -0.15) is 4.98 Å². The van der Waals surface area contributed by atoms with E-state index in [1.807, 2.05) is 14.1 Å². The first-order valence-electron chi connectivity index (χ1n) is 6.39. The van der Waals surface area contributed by atoms with Crippen molar-refractivity contribution in [3.05, 3.63) is 11.7 Å². The zero-order valence-electron chi connectivity index (χ0n) is 10.7. The van der Waals surface area contributed by atoms with Crippen molar-refractivity contribution in [2.75, 3.05) is 20.6 Å². The van der Waals surface area contributed by atoms with Gasteiger partial charge in [0.15, 0.2) is 5.82 Å². The van der Waals surface area contributed by atoms with Crippen molar-refractivity contribution in [2.24, 2.45) is 5.73 Å². The largest absolute Gasteiger partial charge is 0.339 e. The Bertz CT molecular complexity index is 350.